The molecule has 10 nitrogen and oxygen atoms in total. The minimum absolute atomic E-state index is 0. The van der Waals surface area contributed by atoms with Gasteiger partial charge in [0.05, 0.1) is 64.4 Å². The molecule has 0 aromatic rings. The highest BCUT2D eigenvalue weighted by Gasteiger charge is 2.38. The van der Waals surface area contributed by atoms with Crippen LogP contribution in [0.5, 0.6) is 0 Å². The molecule has 0 aromatic carbocycles. The molecule has 13 heteroatoms. The maximum atomic E-state index is 11.8. The van der Waals surface area contributed by atoms with Crippen LogP contribution in [0.2, 0.25) is 36.3 Å². The van der Waals surface area contributed by atoms with Gasteiger partial charge < -0.3 is 44.4 Å². The molecular formula is C36H71ClN2O8Si2. The highest BCUT2D eigenvalue weighted by molar-refractivity contribution is 6.74. The van der Waals surface area contributed by atoms with Crippen molar-refractivity contribution < 1.29 is 37.7 Å². The molecule has 0 amide bonds. The van der Waals surface area contributed by atoms with Crippen molar-refractivity contribution in [3.05, 3.63) is 36.5 Å². The zero-order valence-electron chi connectivity index (χ0n) is 32.7. The van der Waals surface area contributed by atoms with Gasteiger partial charge in [-0.1, -0.05) is 78.0 Å². The average molecular weight is 752 g/mol. The highest BCUT2D eigenvalue weighted by Crippen LogP contribution is 2.37. The van der Waals surface area contributed by atoms with Gasteiger partial charge in [0.15, 0.2) is 16.6 Å². The van der Waals surface area contributed by atoms with E-state index in [0.29, 0.717) is 39.5 Å². The second kappa shape index (κ2) is 21.0. The number of carbonyl (C=O) groups is 1. The van der Waals surface area contributed by atoms with Crippen LogP contribution < -0.4 is 11.5 Å². The Morgan fingerprint density at radius 2 is 1.08 bits per heavy atom. The third-order valence-electron chi connectivity index (χ3n) is 9.13. The van der Waals surface area contributed by atoms with Gasteiger partial charge in [0.25, 0.3) is 0 Å². The van der Waals surface area contributed by atoms with Gasteiger partial charge in [-0.15, -0.1) is 12.4 Å². The van der Waals surface area contributed by atoms with Gasteiger partial charge in [-0.2, -0.15) is 0 Å². The molecule has 3 aliphatic heterocycles. The van der Waals surface area contributed by atoms with Crippen LogP contribution in [0.3, 0.4) is 0 Å². The lowest BCUT2D eigenvalue weighted by Gasteiger charge is -2.37. The van der Waals surface area contributed by atoms with Gasteiger partial charge in [-0.05, 0) is 57.0 Å². The van der Waals surface area contributed by atoms with Crippen molar-refractivity contribution >= 4 is 35.0 Å². The molecule has 5 N–H and O–H groups in total. The van der Waals surface area contributed by atoms with Crippen molar-refractivity contribution in [3.8, 4) is 0 Å². The standard InChI is InChI=1S/C18H34O4Si.C12H25NO2Si.C6H11NO2.ClH/c1-17(2,3)22-16(19)11-14-9-10-15(20-12-14)13-21-23(7,8)18(4,5)6;1-12(2,3)16(4,5)15-9-11-7-6-10(13)8-14-11;7-5-1-2-6(3-8)9-4-5;/h9-10,14-15H,11-13H2,1-8H3;6-7,10-11H,8-9,13H2,1-5H3;1-2,5-6,8H,3-4,7H2;1H/t14-,15-;10-,11+;5-,6+;/m011./s1. The molecule has 0 unspecified atom stereocenters. The summed E-state index contributed by atoms with van der Waals surface area (Å²) in [6.07, 6.45) is 12.0. The summed E-state index contributed by atoms with van der Waals surface area (Å²) < 4.78 is 34.1. The number of aliphatic hydroxyl groups excluding tert-OH is 1. The number of carbonyl (C=O) groups excluding carboxylic acids is 1. The molecule has 288 valence electrons. The number of hydrogen-bond acceptors (Lipinski definition) is 10. The quantitative estimate of drug-likeness (QED) is 0.140. The van der Waals surface area contributed by atoms with Crippen LogP contribution >= 0.6 is 12.4 Å². The van der Waals surface area contributed by atoms with Crippen LogP contribution in [0.1, 0.15) is 68.7 Å². The molecule has 3 heterocycles. The fraction of sp³-hybridized carbons (Fsp3) is 0.806. The summed E-state index contributed by atoms with van der Waals surface area (Å²) in [7, 11) is -3.40. The second-order valence-electron chi connectivity index (χ2n) is 17.0. The number of esters is 1. The molecule has 3 aliphatic rings. The Morgan fingerprint density at radius 1 is 0.694 bits per heavy atom. The van der Waals surface area contributed by atoms with E-state index in [2.05, 4.69) is 73.8 Å². The van der Waals surface area contributed by atoms with Crippen LogP contribution in [-0.2, 0) is 32.6 Å². The number of aliphatic hydroxyl groups is 1. The minimum atomic E-state index is -1.75. The first-order chi connectivity index (χ1) is 21.8. The van der Waals surface area contributed by atoms with Crippen molar-refractivity contribution in [2.45, 2.75) is 141 Å². The number of hydrogen-bond donors (Lipinski definition) is 3. The number of ether oxygens (including phenoxy) is 4. The molecule has 0 aromatic heterocycles. The summed E-state index contributed by atoms with van der Waals surface area (Å²) in [4.78, 5) is 11.8. The molecule has 0 saturated carbocycles. The molecule has 0 radical (unpaired) electrons. The lowest BCUT2D eigenvalue weighted by molar-refractivity contribution is -0.156. The van der Waals surface area contributed by atoms with Crippen LogP contribution in [0.4, 0.5) is 0 Å². The van der Waals surface area contributed by atoms with Crippen LogP contribution in [0.15, 0.2) is 36.5 Å². The van der Waals surface area contributed by atoms with Gasteiger partial charge >= 0.3 is 5.97 Å². The normalized spacial score (nSPS) is 26.0. The number of halogens is 1. The van der Waals surface area contributed by atoms with Crippen molar-refractivity contribution in [1.82, 2.24) is 0 Å². The van der Waals surface area contributed by atoms with Crippen LogP contribution in [0.25, 0.3) is 0 Å². The zero-order chi connectivity index (χ0) is 37.0. The maximum absolute atomic E-state index is 11.8. The molecule has 0 fully saturated rings. The summed E-state index contributed by atoms with van der Waals surface area (Å²) in [5.74, 6) is -0.0827. The summed E-state index contributed by atoms with van der Waals surface area (Å²) in [5, 5.41) is 9.01. The first kappa shape index (κ1) is 48.1. The SMILES string of the molecule is CC(C)(C)OC(=O)C[C@@H]1C=C[C@@H](CO[Si](C)(C)C(C)(C)C)OC1.CC(C)(C)[Si](C)(C)OC[C@@H]1C=C[C@@H](N)CO1.Cl.N[C@@H]1C=C[C@@H](CO)OC1. The topological polar surface area (TPSA) is 145 Å². The Kier molecular flexibility index (Phi) is 20.6. The van der Waals surface area contributed by atoms with E-state index >= 15 is 0 Å². The first-order valence-electron chi connectivity index (χ1n) is 17.4. The number of nitrogens with two attached hydrogens (primary N) is 2. The predicted octanol–water partition coefficient (Wildman–Crippen LogP) is 6.28. The smallest absolute Gasteiger partial charge is 0.306 e. The minimum Gasteiger partial charge on any atom is -0.460 e. The zero-order valence-corrected chi connectivity index (χ0v) is 35.6. The van der Waals surface area contributed by atoms with E-state index in [4.69, 9.17) is 44.4 Å². The van der Waals surface area contributed by atoms with Crippen LogP contribution in [0, 0.1) is 5.92 Å². The van der Waals surface area contributed by atoms with Gasteiger partial charge in [-0.3, -0.25) is 4.79 Å². The Labute approximate surface area is 306 Å². The fourth-order valence-corrected chi connectivity index (χ4v) is 5.95. The summed E-state index contributed by atoms with van der Waals surface area (Å²) >= 11 is 0. The van der Waals surface area contributed by atoms with Gasteiger partial charge in [0, 0.05) is 18.0 Å². The van der Waals surface area contributed by atoms with E-state index in [1.165, 1.54) is 0 Å². The maximum Gasteiger partial charge on any atom is 0.306 e. The third-order valence-corrected chi connectivity index (χ3v) is 18.1. The molecule has 6 atom stereocenters. The fourth-order valence-electron chi connectivity index (χ4n) is 3.92. The van der Waals surface area contributed by atoms with Gasteiger partial charge in [-0.25, -0.2) is 0 Å². The van der Waals surface area contributed by atoms with E-state index in [0.717, 1.165) is 0 Å². The lowest BCUT2D eigenvalue weighted by atomic mass is 10.0. The van der Waals surface area contributed by atoms with Gasteiger partial charge in [0.2, 0.25) is 0 Å². The van der Waals surface area contributed by atoms with Gasteiger partial charge in [0.1, 0.15) is 5.60 Å². The monoisotopic (exact) mass is 750 g/mol. The van der Waals surface area contributed by atoms with E-state index in [-0.39, 0.29) is 71.4 Å². The molecule has 0 spiro atoms. The predicted molar refractivity (Wildman–Crippen MR) is 207 cm³/mol. The molecular weight excluding hydrogens is 680 g/mol. The Bertz CT molecular complexity index is 1050. The third kappa shape index (κ3) is 19.5. The van der Waals surface area contributed by atoms with Crippen molar-refractivity contribution in [2.75, 3.05) is 39.6 Å². The molecule has 0 bridgehead atoms. The van der Waals surface area contributed by atoms with E-state index in [9.17, 15) is 4.79 Å². The van der Waals surface area contributed by atoms with Crippen molar-refractivity contribution in [3.63, 3.8) is 0 Å². The largest absolute Gasteiger partial charge is 0.460 e. The summed E-state index contributed by atoms with van der Waals surface area (Å²) in [6.45, 7) is 31.0. The van der Waals surface area contributed by atoms with Crippen molar-refractivity contribution in [1.29, 1.82) is 0 Å². The first-order valence-corrected chi connectivity index (χ1v) is 23.2. The summed E-state index contributed by atoms with van der Waals surface area (Å²) in [5.41, 5.74) is 10.7. The van der Waals surface area contributed by atoms with E-state index in [1.54, 1.807) is 6.08 Å². The van der Waals surface area contributed by atoms with Crippen LogP contribution in [-0.4, -0.2) is 103 Å². The Hall–Kier alpha value is -0.906. The van der Waals surface area contributed by atoms with E-state index < -0.39 is 22.2 Å². The molecule has 0 aliphatic carbocycles. The lowest BCUT2D eigenvalue weighted by Crippen LogP contribution is -2.43. The summed E-state index contributed by atoms with van der Waals surface area (Å²) in [6, 6.07) is 0.0527. The molecule has 3 rings (SSSR count). The Balaban J connectivity index is 0.000000765. The molecule has 0 saturated heterocycles. The average Bonchev–Trinajstić information content (AvgIpc) is 2.95. The van der Waals surface area contributed by atoms with E-state index in [1.807, 2.05) is 45.1 Å². The van der Waals surface area contributed by atoms with Crippen molar-refractivity contribution in [2.24, 2.45) is 17.4 Å². The molecule has 49 heavy (non-hydrogen) atoms. The second-order valence-corrected chi connectivity index (χ2v) is 26.6. The Morgan fingerprint density at radius 3 is 1.39 bits per heavy atom. The highest BCUT2D eigenvalue weighted by atomic mass is 35.5. The number of rotatable bonds is 9.